The highest BCUT2D eigenvalue weighted by Crippen LogP contribution is 2.19. The van der Waals surface area contributed by atoms with E-state index in [0.29, 0.717) is 26.2 Å². The highest BCUT2D eigenvalue weighted by Gasteiger charge is 2.44. The molecule has 2 fully saturated rings. The van der Waals surface area contributed by atoms with Crippen LogP contribution >= 0.6 is 0 Å². The zero-order valence-electron chi connectivity index (χ0n) is 15.2. The summed E-state index contributed by atoms with van der Waals surface area (Å²) in [4.78, 5) is 28.7. The number of aliphatic hydroxyl groups is 1. The van der Waals surface area contributed by atoms with Crippen LogP contribution in [0, 0.1) is 0 Å². The molecule has 0 radical (unpaired) electrons. The maximum absolute atomic E-state index is 12.5. The number of piperazine rings is 2. The van der Waals surface area contributed by atoms with Crippen LogP contribution in [0.5, 0.6) is 0 Å². The van der Waals surface area contributed by atoms with Gasteiger partial charge in [0, 0.05) is 37.9 Å². The summed E-state index contributed by atoms with van der Waals surface area (Å²) in [6.45, 7) is 3.81. The number of carbonyl (C=O) groups is 2. The molecule has 4 rings (SSSR count). The molecule has 1 aromatic heterocycles. The summed E-state index contributed by atoms with van der Waals surface area (Å²) in [5, 5.41) is 16.8. The average Bonchev–Trinajstić information content (AvgIpc) is 3.13. The number of aliphatic hydroxyl groups excluding tert-OH is 1. The third-order valence-corrected chi connectivity index (χ3v) is 5.16. The van der Waals surface area contributed by atoms with Crippen molar-refractivity contribution in [3.05, 3.63) is 48.3 Å². The molecular formula is C19H23N5O3. The predicted molar refractivity (Wildman–Crippen MR) is 98.0 cm³/mol. The summed E-state index contributed by atoms with van der Waals surface area (Å²) < 4.78 is 1.83. The maximum Gasteiger partial charge on any atom is 0.248 e. The standard InChI is InChI=1S/C19H23N5O3/c1-13(25)17-19(27)23-8-7-22(12-16(23)18(26)21-17)10-14-9-20-24(11-14)15-5-3-2-4-6-15/h2-6,9,11,13,16-17,25H,7-8,10,12H2,1H3,(H,21,26)/t13-,16-,17+/m1/s1. The van der Waals surface area contributed by atoms with E-state index >= 15 is 0 Å². The zero-order valence-corrected chi connectivity index (χ0v) is 15.2. The molecule has 2 saturated heterocycles. The second kappa shape index (κ2) is 7.13. The molecule has 3 heterocycles. The minimum absolute atomic E-state index is 0.203. The molecule has 142 valence electrons. The van der Waals surface area contributed by atoms with E-state index in [-0.39, 0.29) is 11.8 Å². The Morgan fingerprint density at radius 3 is 2.78 bits per heavy atom. The molecule has 0 bridgehead atoms. The second-order valence-corrected chi connectivity index (χ2v) is 7.14. The van der Waals surface area contributed by atoms with Gasteiger partial charge < -0.3 is 15.3 Å². The molecule has 2 amide bonds. The van der Waals surface area contributed by atoms with Gasteiger partial charge in [-0.1, -0.05) is 18.2 Å². The number of nitrogens with one attached hydrogen (secondary N) is 1. The van der Waals surface area contributed by atoms with Crippen LogP contribution < -0.4 is 5.32 Å². The van der Waals surface area contributed by atoms with Gasteiger partial charge in [0.2, 0.25) is 11.8 Å². The largest absolute Gasteiger partial charge is 0.391 e. The second-order valence-electron chi connectivity index (χ2n) is 7.14. The van der Waals surface area contributed by atoms with Crippen molar-refractivity contribution in [3.8, 4) is 5.69 Å². The van der Waals surface area contributed by atoms with Crippen LogP contribution in [0.1, 0.15) is 12.5 Å². The number of benzene rings is 1. The average molecular weight is 369 g/mol. The highest BCUT2D eigenvalue weighted by atomic mass is 16.3. The minimum Gasteiger partial charge on any atom is -0.391 e. The Balaban J connectivity index is 1.42. The van der Waals surface area contributed by atoms with Crippen molar-refractivity contribution in [1.82, 2.24) is 24.9 Å². The van der Waals surface area contributed by atoms with Crippen LogP contribution in [0.4, 0.5) is 0 Å². The van der Waals surface area contributed by atoms with E-state index in [0.717, 1.165) is 11.3 Å². The first-order chi connectivity index (χ1) is 13.0. The Bertz CT molecular complexity index is 835. The summed E-state index contributed by atoms with van der Waals surface area (Å²) >= 11 is 0. The summed E-state index contributed by atoms with van der Waals surface area (Å²) in [7, 11) is 0. The number of amides is 2. The lowest BCUT2D eigenvalue weighted by molar-refractivity contribution is -0.156. The van der Waals surface area contributed by atoms with E-state index in [2.05, 4.69) is 15.3 Å². The first kappa shape index (κ1) is 17.7. The van der Waals surface area contributed by atoms with E-state index in [1.54, 1.807) is 4.90 Å². The van der Waals surface area contributed by atoms with Crippen molar-refractivity contribution >= 4 is 11.8 Å². The lowest BCUT2D eigenvalue weighted by Crippen LogP contribution is -2.70. The Hall–Kier alpha value is -2.71. The van der Waals surface area contributed by atoms with Gasteiger partial charge in [0.25, 0.3) is 0 Å². The first-order valence-electron chi connectivity index (χ1n) is 9.13. The fourth-order valence-corrected chi connectivity index (χ4v) is 3.71. The maximum atomic E-state index is 12.5. The third kappa shape index (κ3) is 3.45. The molecule has 2 aromatic rings. The van der Waals surface area contributed by atoms with Gasteiger partial charge in [-0.25, -0.2) is 4.68 Å². The molecule has 8 heteroatoms. The van der Waals surface area contributed by atoms with Gasteiger partial charge in [-0.05, 0) is 19.1 Å². The van der Waals surface area contributed by atoms with Gasteiger partial charge in [0.15, 0.2) is 0 Å². The van der Waals surface area contributed by atoms with Gasteiger partial charge in [-0.2, -0.15) is 5.10 Å². The summed E-state index contributed by atoms with van der Waals surface area (Å²) in [6, 6.07) is 8.53. The van der Waals surface area contributed by atoms with E-state index in [4.69, 9.17) is 0 Å². The van der Waals surface area contributed by atoms with Gasteiger partial charge in [-0.3, -0.25) is 14.5 Å². The summed E-state index contributed by atoms with van der Waals surface area (Å²) in [6.07, 6.45) is 2.91. The molecule has 8 nitrogen and oxygen atoms in total. The van der Waals surface area contributed by atoms with Crippen LogP contribution in [-0.2, 0) is 16.1 Å². The van der Waals surface area contributed by atoms with Crippen molar-refractivity contribution in [2.45, 2.75) is 31.7 Å². The van der Waals surface area contributed by atoms with Gasteiger partial charge in [0.05, 0.1) is 18.0 Å². The van der Waals surface area contributed by atoms with E-state index < -0.39 is 18.2 Å². The van der Waals surface area contributed by atoms with Crippen LogP contribution in [0.15, 0.2) is 42.7 Å². The van der Waals surface area contributed by atoms with E-state index in [9.17, 15) is 14.7 Å². The van der Waals surface area contributed by atoms with Gasteiger partial charge in [0.1, 0.15) is 12.1 Å². The summed E-state index contributed by atoms with van der Waals surface area (Å²) in [5.41, 5.74) is 2.05. The molecular weight excluding hydrogens is 346 g/mol. The van der Waals surface area contributed by atoms with Crippen LogP contribution in [0.3, 0.4) is 0 Å². The monoisotopic (exact) mass is 369 g/mol. The lowest BCUT2D eigenvalue weighted by Gasteiger charge is -2.45. The number of hydrogen-bond donors (Lipinski definition) is 2. The SMILES string of the molecule is C[C@@H](O)[C@@H]1NC(=O)[C@H]2CN(Cc3cnn(-c4ccccc4)c3)CCN2C1=O. The number of rotatable bonds is 4. The number of hydrogen-bond acceptors (Lipinski definition) is 5. The fourth-order valence-electron chi connectivity index (χ4n) is 3.71. The molecule has 0 unspecified atom stereocenters. The van der Waals surface area contributed by atoms with Crippen molar-refractivity contribution in [3.63, 3.8) is 0 Å². The van der Waals surface area contributed by atoms with E-state index in [1.165, 1.54) is 6.92 Å². The van der Waals surface area contributed by atoms with Crippen LogP contribution in [-0.4, -0.2) is 74.3 Å². The summed E-state index contributed by atoms with van der Waals surface area (Å²) in [5.74, 6) is -0.406. The van der Waals surface area contributed by atoms with Crippen molar-refractivity contribution < 1.29 is 14.7 Å². The van der Waals surface area contributed by atoms with Crippen molar-refractivity contribution in [2.75, 3.05) is 19.6 Å². The molecule has 2 aliphatic heterocycles. The number of para-hydroxylation sites is 1. The van der Waals surface area contributed by atoms with E-state index in [1.807, 2.05) is 47.4 Å². The number of nitrogens with zero attached hydrogens (tertiary/aromatic N) is 4. The molecule has 27 heavy (non-hydrogen) atoms. The van der Waals surface area contributed by atoms with Gasteiger partial charge in [-0.15, -0.1) is 0 Å². The smallest absolute Gasteiger partial charge is 0.248 e. The lowest BCUT2D eigenvalue weighted by atomic mass is 10.0. The Morgan fingerprint density at radius 1 is 1.26 bits per heavy atom. The molecule has 3 atom stereocenters. The highest BCUT2D eigenvalue weighted by molar-refractivity contribution is 5.97. The van der Waals surface area contributed by atoms with Gasteiger partial charge >= 0.3 is 0 Å². The molecule has 2 aliphatic rings. The number of carbonyl (C=O) groups excluding carboxylic acids is 2. The molecule has 1 aromatic carbocycles. The molecule has 0 spiro atoms. The molecule has 0 saturated carbocycles. The molecule has 0 aliphatic carbocycles. The zero-order chi connectivity index (χ0) is 19.0. The fraction of sp³-hybridized carbons (Fsp3) is 0.421. The first-order valence-corrected chi connectivity index (χ1v) is 9.13. The molecule has 2 N–H and O–H groups in total. The minimum atomic E-state index is -0.899. The van der Waals surface area contributed by atoms with Crippen molar-refractivity contribution in [1.29, 1.82) is 0 Å². The van der Waals surface area contributed by atoms with Crippen molar-refractivity contribution in [2.24, 2.45) is 0 Å². The topological polar surface area (TPSA) is 90.7 Å². The predicted octanol–water partition coefficient (Wildman–Crippen LogP) is -0.236. The Morgan fingerprint density at radius 2 is 2.04 bits per heavy atom. The van der Waals surface area contributed by atoms with Crippen LogP contribution in [0.25, 0.3) is 5.69 Å². The third-order valence-electron chi connectivity index (χ3n) is 5.16. The number of aromatic nitrogens is 2. The normalized spacial score (nSPS) is 24.4. The quantitative estimate of drug-likeness (QED) is 0.777. The Labute approximate surface area is 157 Å². The number of fused-ring (bicyclic) bond motifs is 1. The Kier molecular flexibility index (Phi) is 4.67. The van der Waals surface area contributed by atoms with Crippen LogP contribution in [0.2, 0.25) is 0 Å².